The fraction of sp³-hybridized carbons (Fsp3) is 0.667. The van der Waals surface area contributed by atoms with Gasteiger partial charge in [0, 0.05) is 24.4 Å². The number of rotatable bonds is 0. The Hall–Kier alpha value is -0.790. The molecule has 2 rings (SSSR count). The fourth-order valence-electron chi connectivity index (χ4n) is 1.85. The molecule has 0 fully saturated rings. The first-order valence-electron chi connectivity index (χ1n) is 4.31. The molecule has 0 aromatic carbocycles. The summed E-state index contributed by atoms with van der Waals surface area (Å²) in [7, 11) is 0. The second-order valence-electron chi connectivity index (χ2n) is 3.45. The largest absolute Gasteiger partial charge is 0.332 e. The van der Waals surface area contributed by atoms with Gasteiger partial charge in [0.05, 0.1) is 0 Å². The topological polar surface area (TPSA) is 17.8 Å². The molecule has 0 saturated heterocycles. The lowest BCUT2D eigenvalue weighted by Crippen LogP contribution is -2.14. The monoisotopic (exact) mass is 150 g/mol. The first-order valence-corrected chi connectivity index (χ1v) is 4.31. The van der Waals surface area contributed by atoms with Gasteiger partial charge >= 0.3 is 0 Å². The van der Waals surface area contributed by atoms with Gasteiger partial charge in [-0.05, 0) is 19.8 Å². The van der Waals surface area contributed by atoms with Crippen LogP contribution in [0.2, 0.25) is 0 Å². The van der Waals surface area contributed by atoms with Crippen LogP contribution in [0.15, 0.2) is 6.20 Å². The van der Waals surface area contributed by atoms with Crippen molar-refractivity contribution in [1.82, 2.24) is 9.55 Å². The van der Waals surface area contributed by atoms with Crippen LogP contribution >= 0.6 is 0 Å². The van der Waals surface area contributed by atoms with Crippen molar-refractivity contribution >= 4 is 0 Å². The summed E-state index contributed by atoms with van der Waals surface area (Å²) in [5, 5.41) is 0. The highest BCUT2D eigenvalue weighted by Gasteiger charge is 2.18. The quantitative estimate of drug-likeness (QED) is 0.553. The number of aryl methyl sites for hydroxylation is 1. The Morgan fingerprint density at radius 2 is 2.45 bits per heavy atom. The van der Waals surface area contributed by atoms with E-state index in [0.29, 0.717) is 5.92 Å². The molecule has 11 heavy (non-hydrogen) atoms. The molecule has 2 heterocycles. The summed E-state index contributed by atoms with van der Waals surface area (Å²) in [6.07, 6.45) is 4.60. The Morgan fingerprint density at radius 1 is 1.64 bits per heavy atom. The molecule has 1 unspecified atom stereocenters. The van der Waals surface area contributed by atoms with Gasteiger partial charge in [-0.25, -0.2) is 4.98 Å². The molecule has 2 nitrogen and oxygen atoms in total. The number of hydrogen-bond acceptors (Lipinski definition) is 1. The second kappa shape index (κ2) is 2.36. The van der Waals surface area contributed by atoms with Crippen LogP contribution in [-0.2, 0) is 6.54 Å². The number of imidazole rings is 1. The molecule has 1 aliphatic heterocycles. The molecule has 1 aromatic heterocycles. The zero-order chi connectivity index (χ0) is 7.84. The Bertz CT molecular complexity index is 263. The standard InChI is InChI=1S/C9H14N2/c1-7-4-3-5-11-8(2)6-10-9(7)11/h6-7H,3-5H2,1-2H3. The summed E-state index contributed by atoms with van der Waals surface area (Å²) in [4.78, 5) is 4.40. The average Bonchev–Trinajstić information content (AvgIpc) is 2.35. The van der Waals surface area contributed by atoms with Crippen molar-refractivity contribution in [3.8, 4) is 0 Å². The number of fused-ring (bicyclic) bond motifs is 1. The van der Waals surface area contributed by atoms with Crippen LogP contribution in [0.1, 0.15) is 37.2 Å². The minimum atomic E-state index is 0.664. The van der Waals surface area contributed by atoms with E-state index in [1.807, 2.05) is 6.20 Å². The molecule has 0 spiro atoms. The van der Waals surface area contributed by atoms with Gasteiger partial charge in [-0.2, -0.15) is 0 Å². The second-order valence-corrected chi connectivity index (χ2v) is 3.45. The first kappa shape index (κ1) is 6.89. The third-order valence-electron chi connectivity index (χ3n) is 2.55. The van der Waals surface area contributed by atoms with Crippen molar-refractivity contribution < 1.29 is 0 Å². The maximum atomic E-state index is 4.40. The minimum Gasteiger partial charge on any atom is -0.332 e. The van der Waals surface area contributed by atoms with Gasteiger partial charge < -0.3 is 4.57 Å². The molecule has 2 heteroatoms. The van der Waals surface area contributed by atoms with Gasteiger partial charge in [-0.1, -0.05) is 6.92 Å². The molecular weight excluding hydrogens is 136 g/mol. The van der Waals surface area contributed by atoms with E-state index in [2.05, 4.69) is 23.4 Å². The molecule has 1 aromatic rings. The molecule has 0 N–H and O–H groups in total. The van der Waals surface area contributed by atoms with Crippen LogP contribution in [-0.4, -0.2) is 9.55 Å². The van der Waals surface area contributed by atoms with E-state index in [-0.39, 0.29) is 0 Å². The van der Waals surface area contributed by atoms with E-state index in [9.17, 15) is 0 Å². The minimum absolute atomic E-state index is 0.664. The van der Waals surface area contributed by atoms with E-state index >= 15 is 0 Å². The van der Waals surface area contributed by atoms with Crippen LogP contribution in [0.3, 0.4) is 0 Å². The molecule has 0 bridgehead atoms. The normalized spacial score (nSPS) is 23.3. The van der Waals surface area contributed by atoms with Crippen LogP contribution in [0.5, 0.6) is 0 Å². The number of hydrogen-bond donors (Lipinski definition) is 0. The van der Waals surface area contributed by atoms with E-state index in [1.54, 1.807) is 0 Å². The summed E-state index contributed by atoms with van der Waals surface area (Å²) in [5.41, 5.74) is 1.31. The zero-order valence-corrected chi connectivity index (χ0v) is 7.17. The van der Waals surface area contributed by atoms with Crippen molar-refractivity contribution in [2.45, 2.75) is 39.2 Å². The number of aromatic nitrogens is 2. The smallest absolute Gasteiger partial charge is 0.111 e. The van der Waals surface area contributed by atoms with E-state index in [4.69, 9.17) is 0 Å². The predicted molar refractivity (Wildman–Crippen MR) is 44.6 cm³/mol. The van der Waals surface area contributed by atoms with Crippen molar-refractivity contribution in [3.05, 3.63) is 17.7 Å². The molecule has 0 amide bonds. The predicted octanol–water partition coefficient (Wildman–Crippen LogP) is 2.09. The van der Waals surface area contributed by atoms with Crippen LogP contribution in [0, 0.1) is 6.92 Å². The Labute approximate surface area is 67.3 Å². The lowest BCUT2D eigenvalue weighted by molar-refractivity contribution is 0.458. The molecule has 1 aliphatic rings. The van der Waals surface area contributed by atoms with Crippen LogP contribution < -0.4 is 0 Å². The van der Waals surface area contributed by atoms with Crippen LogP contribution in [0.25, 0.3) is 0 Å². The van der Waals surface area contributed by atoms with Gasteiger partial charge in [-0.15, -0.1) is 0 Å². The van der Waals surface area contributed by atoms with E-state index in [1.165, 1.54) is 30.9 Å². The number of nitrogens with zero attached hydrogens (tertiary/aromatic N) is 2. The zero-order valence-electron chi connectivity index (χ0n) is 7.17. The SMILES string of the molecule is Cc1cnc2n1CCCC2C. The van der Waals surface area contributed by atoms with E-state index in [0.717, 1.165) is 0 Å². The molecule has 0 saturated carbocycles. The van der Waals surface area contributed by atoms with Crippen LogP contribution in [0.4, 0.5) is 0 Å². The molecule has 1 atom stereocenters. The summed E-state index contributed by atoms with van der Waals surface area (Å²) in [6, 6.07) is 0. The Kier molecular flexibility index (Phi) is 1.48. The average molecular weight is 150 g/mol. The van der Waals surface area contributed by atoms with Gasteiger partial charge in [0.2, 0.25) is 0 Å². The van der Waals surface area contributed by atoms with Gasteiger partial charge in [-0.3, -0.25) is 0 Å². The lowest BCUT2D eigenvalue weighted by Gasteiger charge is -2.20. The lowest BCUT2D eigenvalue weighted by atomic mass is 10.0. The Morgan fingerprint density at radius 3 is 3.18 bits per heavy atom. The van der Waals surface area contributed by atoms with Crippen molar-refractivity contribution in [2.75, 3.05) is 0 Å². The molecule has 60 valence electrons. The summed E-state index contributed by atoms with van der Waals surface area (Å²) < 4.78 is 2.34. The third-order valence-corrected chi connectivity index (χ3v) is 2.55. The fourth-order valence-corrected chi connectivity index (χ4v) is 1.85. The molecule has 0 radical (unpaired) electrons. The van der Waals surface area contributed by atoms with Crippen molar-refractivity contribution in [2.24, 2.45) is 0 Å². The maximum Gasteiger partial charge on any atom is 0.111 e. The summed E-state index contributed by atoms with van der Waals surface area (Å²) >= 11 is 0. The van der Waals surface area contributed by atoms with Crippen molar-refractivity contribution in [1.29, 1.82) is 0 Å². The first-order chi connectivity index (χ1) is 5.29. The van der Waals surface area contributed by atoms with Gasteiger partial charge in [0.25, 0.3) is 0 Å². The molecular formula is C9H14N2. The third kappa shape index (κ3) is 0.971. The van der Waals surface area contributed by atoms with Crippen molar-refractivity contribution in [3.63, 3.8) is 0 Å². The molecule has 0 aliphatic carbocycles. The highest BCUT2D eigenvalue weighted by atomic mass is 15.1. The summed E-state index contributed by atoms with van der Waals surface area (Å²) in [6.45, 7) is 5.57. The highest BCUT2D eigenvalue weighted by molar-refractivity contribution is 5.09. The van der Waals surface area contributed by atoms with Gasteiger partial charge in [0.1, 0.15) is 5.82 Å². The maximum absolute atomic E-state index is 4.40. The van der Waals surface area contributed by atoms with E-state index < -0.39 is 0 Å². The Balaban J connectivity index is 2.46. The highest BCUT2D eigenvalue weighted by Crippen LogP contribution is 2.25. The summed E-state index contributed by atoms with van der Waals surface area (Å²) in [5.74, 6) is 1.95. The van der Waals surface area contributed by atoms with Gasteiger partial charge in [0.15, 0.2) is 0 Å².